The van der Waals surface area contributed by atoms with Gasteiger partial charge in [-0.05, 0) is 36.0 Å². The van der Waals surface area contributed by atoms with Crippen molar-refractivity contribution in [2.24, 2.45) is 5.41 Å². The van der Waals surface area contributed by atoms with Crippen molar-refractivity contribution in [1.82, 2.24) is 0 Å². The van der Waals surface area contributed by atoms with Gasteiger partial charge < -0.3 is 5.32 Å². The smallest absolute Gasteiger partial charge is 0.0384 e. The summed E-state index contributed by atoms with van der Waals surface area (Å²) in [4.78, 5) is 0. The fraction of sp³-hybridized carbons (Fsp3) is 0.467. The largest absolute Gasteiger partial charge is 0.381 e. The Labute approximate surface area is 97.6 Å². The number of rotatable bonds is 0. The summed E-state index contributed by atoms with van der Waals surface area (Å²) in [5.74, 6) is 0.587. The molecule has 0 spiro atoms. The first-order chi connectivity index (χ1) is 7.55. The van der Waals surface area contributed by atoms with Crippen LogP contribution < -0.4 is 5.32 Å². The topological polar surface area (TPSA) is 12.0 Å². The lowest BCUT2D eigenvalue weighted by molar-refractivity contribution is 0.372. The van der Waals surface area contributed by atoms with Gasteiger partial charge in [-0.15, -0.1) is 0 Å². The molecule has 1 aromatic rings. The van der Waals surface area contributed by atoms with E-state index in [1.54, 1.807) is 0 Å². The monoisotopic (exact) mass is 213 g/mol. The fourth-order valence-electron chi connectivity index (χ4n) is 3.01. The molecule has 1 aromatic carbocycles. The SMILES string of the molecule is Cc1ccc2c(c1)NC1CC(C)(C)C=CC21. The van der Waals surface area contributed by atoms with E-state index in [1.807, 2.05) is 0 Å². The predicted octanol–water partition coefficient (Wildman–Crippen LogP) is 3.86. The molecule has 0 bridgehead atoms. The van der Waals surface area contributed by atoms with Gasteiger partial charge in [-0.3, -0.25) is 0 Å². The van der Waals surface area contributed by atoms with Crippen LogP contribution in [0.5, 0.6) is 0 Å². The van der Waals surface area contributed by atoms with E-state index in [0.717, 1.165) is 0 Å². The first kappa shape index (κ1) is 9.95. The molecule has 3 rings (SSSR count). The van der Waals surface area contributed by atoms with Crippen LogP contribution in [-0.4, -0.2) is 6.04 Å². The minimum absolute atomic E-state index is 0.339. The summed E-state index contributed by atoms with van der Waals surface area (Å²) in [5.41, 5.74) is 4.50. The summed E-state index contributed by atoms with van der Waals surface area (Å²) in [6.45, 7) is 6.79. The van der Waals surface area contributed by atoms with Gasteiger partial charge in [-0.1, -0.05) is 38.1 Å². The standard InChI is InChI=1S/C15H19N/c1-10-4-5-11-12-6-7-15(2,3)9-14(12)16-13(11)8-10/h4-8,12,14,16H,9H2,1-3H3. The van der Waals surface area contributed by atoms with Gasteiger partial charge in [0.05, 0.1) is 0 Å². The lowest BCUT2D eigenvalue weighted by Gasteiger charge is -2.32. The third kappa shape index (κ3) is 1.46. The van der Waals surface area contributed by atoms with Crippen LogP contribution in [0.4, 0.5) is 5.69 Å². The van der Waals surface area contributed by atoms with Crippen LogP contribution in [0, 0.1) is 12.3 Å². The highest BCUT2D eigenvalue weighted by molar-refractivity contribution is 5.62. The molecule has 2 aliphatic rings. The number of hydrogen-bond donors (Lipinski definition) is 1. The Morgan fingerprint density at radius 3 is 2.94 bits per heavy atom. The zero-order valence-corrected chi connectivity index (χ0v) is 10.2. The van der Waals surface area contributed by atoms with Gasteiger partial charge in [-0.25, -0.2) is 0 Å². The highest BCUT2D eigenvalue weighted by atomic mass is 15.0. The average molecular weight is 213 g/mol. The number of nitrogens with one attached hydrogen (secondary N) is 1. The van der Waals surface area contributed by atoms with E-state index in [9.17, 15) is 0 Å². The maximum atomic E-state index is 3.68. The van der Waals surface area contributed by atoms with Gasteiger partial charge in [0.25, 0.3) is 0 Å². The molecule has 0 amide bonds. The van der Waals surface area contributed by atoms with Gasteiger partial charge in [0.1, 0.15) is 0 Å². The quantitative estimate of drug-likeness (QED) is 0.645. The Kier molecular flexibility index (Phi) is 1.95. The highest BCUT2D eigenvalue weighted by Gasteiger charge is 2.36. The molecule has 1 heteroatoms. The van der Waals surface area contributed by atoms with Crippen LogP contribution in [0.3, 0.4) is 0 Å². The van der Waals surface area contributed by atoms with Gasteiger partial charge in [-0.2, -0.15) is 0 Å². The second kappa shape index (κ2) is 3.13. The van der Waals surface area contributed by atoms with Crippen molar-refractivity contribution < 1.29 is 0 Å². The van der Waals surface area contributed by atoms with Crippen LogP contribution >= 0.6 is 0 Å². The molecule has 16 heavy (non-hydrogen) atoms. The number of aryl methyl sites for hydroxylation is 1. The predicted molar refractivity (Wildman–Crippen MR) is 68.9 cm³/mol. The highest BCUT2D eigenvalue weighted by Crippen LogP contribution is 2.45. The molecule has 0 aromatic heterocycles. The van der Waals surface area contributed by atoms with Crippen molar-refractivity contribution in [2.45, 2.75) is 39.2 Å². The average Bonchev–Trinajstić information content (AvgIpc) is 2.51. The maximum absolute atomic E-state index is 3.68. The first-order valence-corrected chi connectivity index (χ1v) is 6.12. The first-order valence-electron chi connectivity index (χ1n) is 6.12. The lowest BCUT2D eigenvalue weighted by atomic mass is 9.75. The third-order valence-corrected chi connectivity index (χ3v) is 3.84. The zero-order valence-electron chi connectivity index (χ0n) is 10.2. The molecule has 2 atom stereocenters. The minimum Gasteiger partial charge on any atom is -0.381 e. The van der Waals surface area contributed by atoms with Gasteiger partial charge in [0.15, 0.2) is 0 Å². The Bertz CT molecular complexity index is 457. The van der Waals surface area contributed by atoms with Crippen molar-refractivity contribution in [3.05, 3.63) is 41.5 Å². The molecule has 1 N–H and O–H groups in total. The Morgan fingerprint density at radius 2 is 2.12 bits per heavy atom. The van der Waals surface area contributed by atoms with Crippen molar-refractivity contribution in [2.75, 3.05) is 5.32 Å². The normalized spacial score (nSPS) is 29.4. The fourth-order valence-corrected chi connectivity index (χ4v) is 3.01. The Balaban J connectivity index is 2.01. The summed E-state index contributed by atoms with van der Waals surface area (Å²) in [6, 6.07) is 7.37. The van der Waals surface area contributed by atoms with Crippen LogP contribution in [0.1, 0.15) is 37.3 Å². The maximum Gasteiger partial charge on any atom is 0.0384 e. The molecule has 1 nitrogen and oxygen atoms in total. The molecule has 1 aliphatic heterocycles. The summed E-state index contributed by atoms with van der Waals surface area (Å²) < 4.78 is 0. The van der Waals surface area contributed by atoms with Crippen LogP contribution in [-0.2, 0) is 0 Å². The van der Waals surface area contributed by atoms with E-state index in [-0.39, 0.29) is 0 Å². The molecule has 84 valence electrons. The Morgan fingerprint density at radius 1 is 1.31 bits per heavy atom. The van der Waals surface area contributed by atoms with Crippen molar-refractivity contribution in [3.8, 4) is 0 Å². The van der Waals surface area contributed by atoms with E-state index >= 15 is 0 Å². The summed E-state index contributed by atoms with van der Waals surface area (Å²) in [5, 5.41) is 3.68. The molecular weight excluding hydrogens is 194 g/mol. The van der Waals surface area contributed by atoms with E-state index in [1.165, 1.54) is 23.2 Å². The van der Waals surface area contributed by atoms with E-state index in [4.69, 9.17) is 0 Å². The number of hydrogen-bond acceptors (Lipinski definition) is 1. The third-order valence-electron chi connectivity index (χ3n) is 3.84. The van der Waals surface area contributed by atoms with Gasteiger partial charge in [0.2, 0.25) is 0 Å². The molecule has 0 fully saturated rings. The zero-order chi connectivity index (χ0) is 11.3. The summed E-state index contributed by atoms with van der Waals surface area (Å²) in [6.07, 6.45) is 6.00. The van der Waals surface area contributed by atoms with Crippen LogP contribution in [0.15, 0.2) is 30.4 Å². The van der Waals surface area contributed by atoms with E-state index < -0.39 is 0 Å². The molecule has 1 aliphatic carbocycles. The van der Waals surface area contributed by atoms with E-state index in [2.05, 4.69) is 56.4 Å². The number of fused-ring (bicyclic) bond motifs is 3. The second-order valence-electron chi connectivity index (χ2n) is 5.92. The summed E-state index contributed by atoms with van der Waals surface area (Å²) in [7, 11) is 0. The van der Waals surface area contributed by atoms with Crippen LogP contribution in [0.2, 0.25) is 0 Å². The molecular formula is C15H19N. The summed E-state index contributed by atoms with van der Waals surface area (Å²) >= 11 is 0. The lowest BCUT2D eigenvalue weighted by Crippen LogP contribution is -2.30. The minimum atomic E-state index is 0.339. The van der Waals surface area contributed by atoms with Gasteiger partial charge >= 0.3 is 0 Å². The van der Waals surface area contributed by atoms with E-state index in [0.29, 0.717) is 17.4 Å². The van der Waals surface area contributed by atoms with Crippen molar-refractivity contribution >= 4 is 5.69 Å². The van der Waals surface area contributed by atoms with Crippen molar-refractivity contribution in [1.29, 1.82) is 0 Å². The van der Waals surface area contributed by atoms with Gasteiger partial charge in [0, 0.05) is 17.6 Å². The number of anilines is 1. The molecule has 2 unspecified atom stereocenters. The molecule has 0 saturated heterocycles. The Hall–Kier alpha value is -1.24. The number of allylic oxidation sites excluding steroid dienone is 1. The molecule has 0 saturated carbocycles. The second-order valence-corrected chi connectivity index (χ2v) is 5.92. The number of benzene rings is 1. The van der Waals surface area contributed by atoms with Crippen molar-refractivity contribution in [3.63, 3.8) is 0 Å². The van der Waals surface area contributed by atoms with Crippen LogP contribution in [0.25, 0.3) is 0 Å². The molecule has 0 radical (unpaired) electrons. The molecule has 1 heterocycles.